The molecule has 2 heterocycles. The van der Waals surface area contributed by atoms with Crippen molar-refractivity contribution in [3.05, 3.63) is 41.3 Å². The second kappa shape index (κ2) is 4.99. The lowest BCUT2D eigenvalue weighted by Gasteiger charge is -2.07. The molecular formula is C13H18N4. The van der Waals surface area contributed by atoms with Gasteiger partial charge in [-0.05, 0) is 32.4 Å². The van der Waals surface area contributed by atoms with Crippen molar-refractivity contribution >= 4 is 5.82 Å². The van der Waals surface area contributed by atoms with Gasteiger partial charge in [0.05, 0.1) is 6.20 Å². The summed E-state index contributed by atoms with van der Waals surface area (Å²) >= 11 is 0. The van der Waals surface area contributed by atoms with Crippen molar-refractivity contribution in [3.63, 3.8) is 0 Å². The van der Waals surface area contributed by atoms with E-state index in [-0.39, 0.29) is 0 Å². The van der Waals surface area contributed by atoms with E-state index in [1.54, 1.807) is 6.20 Å². The summed E-state index contributed by atoms with van der Waals surface area (Å²) in [7, 11) is 0. The molecule has 0 unspecified atom stereocenters. The average molecular weight is 230 g/mol. The number of aromatic nitrogens is 3. The molecule has 0 aliphatic rings. The number of anilines is 1. The fraction of sp³-hybridized carbons (Fsp3) is 0.385. The summed E-state index contributed by atoms with van der Waals surface area (Å²) in [5.74, 6) is 0.941. The third kappa shape index (κ3) is 2.46. The van der Waals surface area contributed by atoms with Crippen molar-refractivity contribution in [1.82, 2.24) is 14.8 Å². The van der Waals surface area contributed by atoms with Crippen molar-refractivity contribution < 1.29 is 0 Å². The Bertz CT molecular complexity index is 502. The zero-order chi connectivity index (χ0) is 12.3. The highest BCUT2D eigenvalue weighted by atomic mass is 15.3. The van der Waals surface area contributed by atoms with Crippen LogP contribution in [0.5, 0.6) is 0 Å². The molecule has 0 aliphatic heterocycles. The third-order valence-corrected chi connectivity index (χ3v) is 2.96. The maximum absolute atomic E-state index is 4.33. The quantitative estimate of drug-likeness (QED) is 0.877. The number of pyridine rings is 1. The highest BCUT2D eigenvalue weighted by Crippen LogP contribution is 2.13. The Morgan fingerprint density at radius 3 is 2.82 bits per heavy atom. The fourth-order valence-electron chi connectivity index (χ4n) is 1.83. The summed E-state index contributed by atoms with van der Waals surface area (Å²) in [6, 6.07) is 4.00. The topological polar surface area (TPSA) is 42.7 Å². The summed E-state index contributed by atoms with van der Waals surface area (Å²) in [6.45, 7) is 7.93. The maximum atomic E-state index is 4.33. The Labute approximate surface area is 102 Å². The summed E-state index contributed by atoms with van der Waals surface area (Å²) in [6.07, 6.45) is 3.72. The van der Waals surface area contributed by atoms with Crippen LogP contribution in [-0.2, 0) is 13.1 Å². The first kappa shape index (κ1) is 11.6. The smallest absolute Gasteiger partial charge is 0.129 e. The summed E-state index contributed by atoms with van der Waals surface area (Å²) in [5, 5.41) is 7.67. The molecule has 2 rings (SSSR count). The van der Waals surface area contributed by atoms with Crippen molar-refractivity contribution in [1.29, 1.82) is 0 Å². The van der Waals surface area contributed by atoms with Gasteiger partial charge in [-0.15, -0.1) is 0 Å². The first-order valence-corrected chi connectivity index (χ1v) is 5.89. The van der Waals surface area contributed by atoms with E-state index in [1.807, 2.05) is 16.9 Å². The number of rotatable bonds is 4. The molecule has 2 aromatic rings. The summed E-state index contributed by atoms with van der Waals surface area (Å²) in [5.41, 5.74) is 3.60. The Balaban J connectivity index is 2.07. The van der Waals surface area contributed by atoms with E-state index in [0.717, 1.165) is 24.5 Å². The molecule has 17 heavy (non-hydrogen) atoms. The minimum atomic E-state index is 0.768. The average Bonchev–Trinajstić information content (AvgIpc) is 2.69. The highest BCUT2D eigenvalue weighted by Gasteiger charge is 2.05. The Kier molecular flexibility index (Phi) is 3.42. The minimum Gasteiger partial charge on any atom is -0.366 e. The van der Waals surface area contributed by atoms with E-state index in [0.29, 0.717) is 0 Å². The largest absolute Gasteiger partial charge is 0.366 e. The lowest BCUT2D eigenvalue weighted by Crippen LogP contribution is -2.05. The molecule has 4 heteroatoms. The standard InChI is InChI=1S/C13H18N4/c1-4-17-11(3)12(9-16-17)8-15-13-10(2)6-5-7-14-13/h5-7,9H,4,8H2,1-3H3,(H,14,15). The molecule has 0 saturated carbocycles. The van der Waals surface area contributed by atoms with E-state index in [1.165, 1.54) is 11.3 Å². The lowest BCUT2D eigenvalue weighted by molar-refractivity contribution is 0.638. The van der Waals surface area contributed by atoms with Gasteiger partial charge in [0.1, 0.15) is 5.82 Å². The Morgan fingerprint density at radius 2 is 2.18 bits per heavy atom. The van der Waals surface area contributed by atoms with Crippen molar-refractivity contribution in [2.75, 3.05) is 5.32 Å². The van der Waals surface area contributed by atoms with Gasteiger partial charge in [0.25, 0.3) is 0 Å². The van der Waals surface area contributed by atoms with Gasteiger partial charge in [0.2, 0.25) is 0 Å². The summed E-state index contributed by atoms with van der Waals surface area (Å²) in [4.78, 5) is 4.31. The normalized spacial score (nSPS) is 10.5. The van der Waals surface area contributed by atoms with Crippen LogP contribution in [0.3, 0.4) is 0 Å². The van der Waals surface area contributed by atoms with E-state index in [9.17, 15) is 0 Å². The van der Waals surface area contributed by atoms with Gasteiger partial charge in [-0.25, -0.2) is 4.98 Å². The number of aryl methyl sites for hydroxylation is 2. The van der Waals surface area contributed by atoms with E-state index in [2.05, 4.69) is 42.2 Å². The Morgan fingerprint density at radius 1 is 1.35 bits per heavy atom. The van der Waals surface area contributed by atoms with Crippen molar-refractivity contribution in [2.45, 2.75) is 33.9 Å². The number of nitrogens with one attached hydrogen (secondary N) is 1. The van der Waals surface area contributed by atoms with Gasteiger partial charge >= 0.3 is 0 Å². The van der Waals surface area contributed by atoms with Gasteiger partial charge in [-0.2, -0.15) is 5.10 Å². The van der Waals surface area contributed by atoms with Crippen LogP contribution in [0.2, 0.25) is 0 Å². The van der Waals surface area contributed by atoms with E-state index >= 15 is 0 Å². The van der Waals surface area contributed by atoms with Crippen molar-refractivity contribution in [2.24, 2.45) is 0 Å². The van der Waals surface area contributed by atoms with Crippen LogP contribution in [0.25, 0.3) is 0 Å². The van der Waals surface area contributed by atoms with Gasteiger partial charge in [0.15, 0.2) is 0 Å². The minimum absolute atomic E-state index is 0.768. The third-order valence-electron chi connectivity index (χ3n) is 2.96. The van der Waals surface area contributed by atoms with Crippen LogP contribution < -0.4 is 5.32 Å². The molecule has 0 fully saturated rings. The van der Waals surface area contributed by atoms with Crippen molar-refractivity contribution in [3.8, 4) is 0 Å². The molecule has 0 spiro atoms. The monoisotopic (exact) mass is 230 g/mol. The SMILES string of the molecule is CCn1ncc(CNc2ncccc2C)c1C. The second-order valence-corrected chi connectivity index (χ2v) is 4.09. The van der Waals surface area contributed by atoms with Crippen LogP contribution in [0, 0.1) is 13.8 Å². The number of hydrogen-bond acceptors (Lipinski definition) is 3. The van der Waals surface area contributed by atoms with Gasteiger partial charge < -0.3 is 5.32 Å². The zero-order valence-electron chi connectivity index (χ0n) is 10.6. The maximum Gasteiger partial charge on any atom is 0.129 e. The molecular weight excluding hydrogens is 212 g/mol. The second-order valence-electron chi connectivity index (χ2n) is 4.09. The molecule has 0 aliphatic carbocycles. The van der Waals surface area contributed by atoms with E-state index in [4.69, 9.17) is 0 Å². The molecule has 0 saturated heterocycles. The predicted molar refractivity (Wildman–Crippen MR) is 68.9 cm³/mol. The molecule has 0 atom stereocenters. The lowest BCUT2D eigenvalue weighted by atomic mass is 10.2. The van der Waals surface area contributed by atoms with Crippen LogP contribution in [0.15, 0.2) is 24.5 Å². The van der Waals surface area contributed by atoms with Gasteiger partial charge in [-0.1, -0.05) is 6.07 Å². The van der Waals surface area contributed by atoms with Crippen LogP contribution in [0.1, 0.15) is 23.7 Å². The van der Waals surface area contributed by atoms with Crippen LogP contribution in [0.4, 0.5) is 5.82 Å². The predicted octanol–water partition coefficient (Wildman–Crippen LogP) is 2.53. The molecule has 0 bridgehead atoms. The molecule has 0 amide bonds. The first-order valence-electron chi connectivity index (χ1n) is 5.89. The van der Waals surface area contributed by atoms with E-state index < -0.39 is 0 Å². The zero-order valence-corrected chi connectivity index (χ0v) is 10.6. The Hall–Kier alpha value is -1.84. The van der Waals surface area contributed by atoms with Crippen LogP contribution in [-0.4, -0.2) is 14.8 Å². The molecule has 90 valence electrons. The number of hydrogen-bond donors (Lipinski definition) is 1. The van der Waals surface area contributed by atoms with Gasteiger partial charge in [0, 0.05) is 30.5 Å². The molecule has 4 nitrogen and oxygen atoms in total. The molecule has 0 aromatic carbocycles. The van der Waals surface area contributed by atoms with Crippen LogP contribution >= 0.6 is 0 Å². The molecule has 1 N–H and O–H groups in total. The number of nitrogens with zero attached hydrogens (tertiary/aromatic N) is 3. The van der Waals surface area contributed by atoms with Gasteiger partial charge in [-0.3, -0.25) is 4.68 Å². The molecule has 0 radical (unpaired) electrons. The summed E-state index contributed by atoms with van der Waals surface area (Å²) < 4.78 is 2.00. The molecule has 2 aromatic heterocycles. The fourth-order valence-corrected chi connectivity index (χ4v) is 1.83. The highest BCUT2D eigenvalue weighted by molar-refractivity contribution is 5.43. The first-order chi connectivity index (χ1) is 8.22.